The van der Waals surface area contributed by atoms with Crippen LogP contribution in [0.3, 0.4) is 0 Å². The fourth-order valence-electron chi connectivity index (χ4n) is 3.55. The average Bonchev–Trinajstić information content (AvgIpc) is 2.69. The number of amides is 1. The summed E-state index contributed by atoms with van der Waals surface area (Å²) < 4.78 is 5.36. The molecule has 1 aliphatic rings. The lowest BCUT2D eigenvalue weighted by atomic mass is 9.72. The number of para-hydroxylation sites is 1. The predicted octanol–water partition coefficient (Wildman–Crippen LogP) is 3.13. The summed E-state index contributed by atoms with van der Waals surface area (Å²) in [5.41, 5.74) is 0.483. The normalized spacial score (nSPS) is 16.1. The van der Waals surface area contributed by atoms with Gasteiger partial charge in [0.15, 0.2) is 0 Å². The van der Waals surface area contributed by atoms with E-state index in [1.165, 1.54) is 6.07 Å². The molecule has 136 valence electrons. The topological polar surface area (TPSA) is 66.8 Å². The molecule has 0 saturated carbocycles. The van der Waals surface area contributed by atoms with Gasteiger partial charge in [0.25, 0.3) is 5.91 Å². The van der Waals surface area contributed by atoms with E-state index in [0.29, 0.717) is 32.5 Å². The molecule has 0 radical (unpaired) electrons. The number of phenols is 1. The van der Waals surface area contributed by atoms with Crippen LogP contribution in [0.2, 0.25) is 0 Å². The highest BCUT2D eigenvalue weighted by Gasteiger charge is 2.45. The van der Waals surface area contributed by atoms with E-state index in [1.807, 2.05) is 30.3 Å². The van der Waals surface area contributed by atoms with Gasteiger partial charge < -0.3 is 14.7 Å². The molecule has 1 aliphatic heterocycles. The van der Waals surface area contributed by atoms with Gasteiger partial charge in [0.05, 0.1) is 17.6 Å². The molecule has 1 amide bonds. The van der Waals surface area contributed by atoms with Gasteiger partial charge in [0, 0.05) is 13.1 Å². The average molecular weight is 353 g/mol. The number of esters is 1. The van der Waals surface area contributed by atoms with Gasteiger partial charge in [0.1, 0.15) is 5.75 Å². The number of piperidine rings is 1. The minimum atomic E-state index is -0.729. The second-order valence-corrected chi connectivity index (χ2v) is 6.48. The fraction of sp³-hybridized carbons (Fsp3) is 0.333. The number of benzene rings is 2. The van der Waals surface area contributed by atoms with Crippen LogP contribution in [0.1, 0.15) is 35.7 Å². The van der Waals surface area contributed by atoms with E-state index in [9.17, 15) is 14.7 Å². The highest BCUT2D eigenvalue weighted by atomic mass is 16.5. The van der Waals surface area contributed by atoms with Crippen LogP contribution in [0.4, 0.5) is 0 Å². The summed E-state index contributed by atoms with van der Waals surface area (Å²) in [6.07, 6.45) is 0.990. The lowest BCUT2D eigenvalue weighted by Crippen LogP contribution is -2.49. The van der Waals surface area contributed by atoms with E-state index >= 15 is 0 Å². The van der Waals surface area contributed by atoms with E-state index in [4.69, 9.17) is 4.74 Å². The van der Waals surface area contributed by atoms with Crippen LogP contribution in [-0.4, -0.2) is 41.6 Å². The maximum atomic E-state index is 12.8. The van der Waals surface area contributed by atoms with Crippen molar-refractivity contribution in [2.75, 3.05) is 19.7 Å². The lowest BCUT2D eigenvalue weighted by molar-refractivity contribution is -0.152. The van der Waals surface area contributed by atoms with E-state index < -0.39 is 5.41 Å². The van der Waals surface area contributed by atoms with Crippen molar-refractivity contribution in [2.24, 2.45) is 0 Å². The van der Waals surface area contributed by atoms with Crippen molar-refractivity contribution in [3.8, 4) is 5.75 Å². The first kappa shape index (κ1) is 18.0. The van der Waals surface area contributed by atoms with Gasteiger partial charge in [-0.1, -0.05) is 42.5 Å². The third-order valence-corrected chi connectivity index (χ3v) is 5.03. The van der Waals surface area contributed by atoms with Gasteiger partial charge in [-0.25, -0.2) is 0 Å². The van der Waals surface area contributed by atoms with Gasteiger partial charge in [-0.2, -0.15) is 0 Å². The van der Waals surface area contributed by atoms with Crippen molar-refractivity contribution < 1.29 is 19.4 Å². The Morgan fingerprint density at radius 3 is 2.27 bits per heavy atom. The summed E-state index contributed by atoms with van der Waals surface area (Å²) in [5.74, 6) is -0.475. The van der Waals surface area contributed by atoms with Crippen LogP contribution in [-0.2, 0) is 14.9 Å². The van der Waals surface area contributed by atoms with E-state index in [-0.39, 0.29) is 23.2 Å². The highest BCUT2D eigenvalue weighted by molar-refractivity contribution is 5.97. The van der Waals surface area contributed by atoms with Crippen molar-refractivity contribution in [1.82, 2.24) is 4.90 Å². The maximum absolute atomic E-state index is 12.8. The molecule has 5 nitrogen and oxygen atoms in total. The predicted molar refractivity (Wildman–Crippen MR) is 98.0 cm³/mol. The van der Waals surface area contributed by atoms with Gasteiger partial charge >= 0.3 is 5.97 Å². The molecule has 0 unspecified atom stereocenters. The Bertz CT molecular complexity index is 780. The number of rotatable bonds is 4. The Morgan fingerprint density at radius 2 is 1.65 bits per heavy atom. The molecule has 0 aliphatic carbocycles. The summed E-state index contributed by atoms with van der Waals surface area (Å²) in [6.45, 7) is 2.99. The van der Waals surface area contributed by atoms with Crippen LogP contribution in [0.25, 0.3) is 0 Å². The summed E-state index contributed by atoms with van der Waals surface area (Å²) in [7, 11) is 0. The van der Waals surface area contributed by atoms with Crippen LogP contribution < -0.4 is 0 Å². The molecule has 2 aromatic carbocycles. The molecule has 0 atom stereocenters. The number of hydrogen-bond donors (Lipinski definition) is 1. The first-order valence-electron chi connectivity index (χ1n) is 8.88. The number of nitrogens with zero attached hydrogens (tertiary/aromatic N) is 1. The Kier molecular flexibility index (Phi) is 5.26. The minimum Gasteiger partial charge on any atom is -0.507 e. The number of carbonyl (C=O) groups is 2. The molecule has 0 aromatic heterocycles. The number of carbonyl (C=O) groups excluding carboxylic acids is 2. The van der Waals surface area contributed by atoms with Gasteiger partial charge in [-0.05, 0) is 37.5 Å². The number of phenolic OH excluding ortho intramolecular Hbond substituents is 1. The largest absolute Gasteiger partial charge is 0.507 e. The molecule has 1 N–H and O–H groups in total. The molecular weight excluding hydrogens is 330 g/mol. The smallest absolute Gasteiger partial charge is 0.316 e. The standard InChI is InChI=1S/C21H23NO4/c1-2-26-20(25)21(16-8-4-3-5-9-16)12-14-22(15-13-21)19(24)17-10-6-7-11-18(17)23/h3-11,23H,2,12-15H2,1H3. The van der Waals surface area contributed by atoms with Gasteiger partial charge in [-0.3, -0.25) is 9.59 Å². The van der Waals surface area contributed by atoms with Crippen molar-refractivity contribution in [3.05, 3.63) is 65.7 Å². The Balaban J connectivity index is 1.82. The first-order chi connectivity index (χ1) is 12.6. The zero-order valence-electron chi connectivity index (χ0n) is 14.9. The summed E-state index contributed by atoms with van der Waals surface area (Å²) >= 11 is 0. The van der Waals surface area contributed by atoms with Crippen LogP contribution in [0.5, 0.6) is 5.75 Å². The van der Waals surface area contributed by atoms with Gasteiger partial charge in [-0.15, -0.1) is 0 Å². The summed E-state index contributed by atoms with van der Waals surface area (Å²) in [6, 6.07) is 16.2. The molecule has 3 rings (SSSR count). The quantitative estimate of drug-likeness (QED) is 0.858. The highest BCUT2D eigenvalue weighted by Crippen LogP contribution is 2.37. The van der Waals surface area contributed by atoms with Crippen molar-refractivity contribution in [3.63, 3.8) is 0 Å². The van der Waals surface area contributed by atoms with Crippen LogP contribution >= 0.6 is 0 Å². The molecule has 1 fully saturated rings. The Morgan fingerprint density at radius 1 is 1.04 bits per heavy atom. The number of likely N-dealkylation sites (tertiary alicyclic amines) is 1. The molecule has 0 bridgehead atoms. The minimum absolute atomic E-state index is 0.0252. The summed E-state index contributed by atoms with van der Waals surface area (Å²) in [4.78, 5) is 27.2. The molecule has 1 heterocycles. The van der Waals surface area contributed by atoms with Crippen molar-refractivity contribution >= 4 is 11.9 Å². The van der Waals surface area contributed by atoms with E-state index in [1.54, 1.807) is 30.0 Å². The van der Waals surface area contributed by atoms with E-state index in [2.05, 4.69) is 0 Å². The number of ether oxygens (including phenoxy) is 1. The van der Waals surface area contributed by atoms with Gasteiger partial charge in [0.2, 0.25) is 0 Å². The third kappa shape index (κ3) is 3.29. The molecule has 2 aromatic rings. The molecular formula is C21H23NO4. The van der Waals surface area contributed by atoms with E-state index in [0.717, 1.165) is 5.56 Å². The van der Waals surface area contributed by atoms with Crippen LogP contribution in [0.15, 0.2) is 54.6 Å². The molecule has 1 saturated heterocycles. The SMILES string of the molecule is CCOC(=O)C1(c2ccccc2)CCN(C(=O)c2ccccc2O)CC1. The molecule has 26 heavy (non-hydrogen) atoms. The summed E-state index contributed by atoms with van der Waals surface area (Å²) in [5, 5.41) is 9.93. The zero-order valence-corrected chi connectivity index (χ0v) is 14.9. The lowest BCUT2D eigenvalue weighted by Gasteiger charge is -2.40. The number of hydrogen-bond acceptors (Lipinski definition) is 4. The molecule has 5 heteroatoms. The maximum Gasteiger partial charge on any atom is 0.316 e. The van der Waals surface area contributed by atoms with Crippen molar-refractivity contribution in [1.29, 1.82) is 0 Å². The number of aromatic hydroxyl groups is 1. The molecule has 0 spiro atoms. The Labute approximate surface area is 153 Å². The second kappa shape index (κ2) is 7.60. The Hall–Kier alpha value is -2.82. The zero-order chi connectivity index (χ0) is 18.6. The first-order valence-corrected chi connectivity index (χ1v) is 8.88. The fourth-order valence-corrected chi connectivity index (χ4v) is 3.55. The van der Waals surface area contributed by atoms with Crippen molar-refractivity contribution in [2.45, 2.75) is 25.2 Å². The van der Waals surface area contributed by atoms with Crippen LogP contribution in [0, 0.1) is 0 Å². The second-order valence-electron chi connectivity index (χ2n) is 6.48. The monoisotopic (exact) mass is 353 g/mol. The third-order valence-electron chi connectivity index (χ3n) is 5.03.